The third-order valence-corrected chi connectivity index (χ3v) is 2.99. The largest absolute Gasteiger partial charge is 0.249 e. The lowest BCUT2D eigenvalue weighted by atomic mass is 10.2. The Bertz CT molecular complexity index is 353. The van der Waals surface area contributed by atoms with Crippen molar-refractivity contribution in [3.8, 4) is 0 Å². The second kappa shape index (κ2) is 2.31. The van der Waals surface area contributed by atoms with E-state index in [9.17, 15) is 0 Å². The highest BCUT2D eigenvalue weighted by Crippen LogP contribution is 2.38. The van der Waals surface area contributed by atoms with Crippen LogP contribution in [0.15, 0.2) is 28.1 Å². The smallest absolute Gasteiger partial charge is 0.0772 e. The van der Waals surface area contributed by atoms with Crippen LogP contribution in [0.1, 0.15) is 5.56 Å². The molecule has 1 heterocycles. The van der Waals surface area contributed by atoms with Crippen LogP contribution in [-0.2, 0) is 0 Å². The SMILES string of the molecule is C=S1C=Nc2cc(C)ccc21. The molecule has 1 aliphatic heterocycles. The molecule has 0 aromatic heterocycles. The lowest BCUT2D eigenvalue weighted by Crippen LogP contribution is -1.72. The summed E-state index contributed by atoms with van der Waals surface area (Å²) >= 11 is 0. The van der Waals surface area contributed by atoms with Gasteiger partial charge in [-0.05, 0) is 24.6 Å². The monoisotopic (exact) mass is 163 g/mol. The van der Waals surface area contributed by atoms with Crippen molar-refractivity contribution < 1.29 is 0 Å². The highest BCUT2D eigenvalue weighted by molar-refractivity contribution is 8.26. The van der Waals surface area contributed by atoms with Crippen LogP contribution in [0.25, 0.3) is 0 Å². The van der Waals surface area contributed by atoms with Crippen molar-refractivity contribution in [2.45, 2.75) is 11.8 Å². The van der Waals surface area contributed by atoms with Gasteiger partial charge in [-0.2, -0.15) is 0 Å². The van der Waals surface area contributed by atoms with Crippen molar-refractivity contribution in [2.24, 2.45) is 4.99 Å². The van der Waals surface area contributed by atoms with Crippen molar-refractivity contribution in [1.29, 1.82) is 0 Å². The summed E-state index contributed by atoms with van der Waals surface area (Å²) in [7, 11) is 0.00228. The molecular formula is C9H9NS. The summed E-state index contributed by atoms with van der Waals surface area (Å²) in [5.41, 5.74) is 4.28. The first-order chi connectivity index (χ1) is 5.27. The second-order valence-corrected chi connectivity index (χ2v) is 4.14. The Morgan fingerprint density at radius 2 is 2.27 bits per heavy atom. The maximum absolute atomic E-state index is 4.27. The minimum atomic E-state index is 0.00228. The first kappa shape index (κ1) is 6.80. The Labute approximate surface area is 68.7 Å². The Kier molecular flexibility index (Phi) is 1.43. The summed E-state index contributed by atoms with van der Waals surface area (Å²) in [6, 6.07) is 6.33. The van der Waals surface area contributed by atoms with E-state index >= 15 is 0 Å². The standard InChI is InChI=1S/C9H9NS/c1-7-3-4-9-8(5-7)10-6-11(9)2/h3-6H,2H2,1H3. The summed E-state index contributed by atoms with van der Waals surface area (Å²) < 4.78 is 0. The zero-order valence-corrected chi connectivity index (χ0v) is 7.19. The summed E-state index contributed by atoms with van der Waals surface area (Å²) in [4.78, 5) is 5.54. The Morgan fingerprint density at radius 1 is 1.45 bits per heavy atom. The van der Waals surface area contributed by atoms with E-state index in [0.717, 1.165) is 5.69 Å². The first-order valence-corrected chi connectivity index (χ1v) is 4.91. The maximum atomic E-state index is 4.27. The lowest BCUT2D eigenvalue weighted by Gasteiger charge is -1.98. The molecule has 0 saturated heterocycles. The molecular weight excluding hydrogens is 154 g/mol. The topological polar surface area (TPSA) is 12.4 Å². The average molecular weight is 163 g/mol. The molecule has 1 atom stereocenters. The molecule has 0 saturated carbocycles. The van der Waals surface area contributed by atoms with Crippen LogP contribution in [0.4, 0.5) is 5.69 Å². The molecule has 0 aliphatic carbocycles. The van der Waals surface area contributed by atoms with Gasteiger partial charge >= 0.3 is 0 Å². The van der Waals surface area contributed by atoms with Gasteiger partial charge in [-0.25, -0.2) is 4.99 Å². The van der Waals surface area contributed by atoms with Crippen LogP contribution >= 0.6 is 10.5 Å². The van der Waals surface area contributed by atoms with E-state index in [2.05, 4.69) is 36.0 Å². The van der Waals surface area contributed by atoms with Crippen LogP contribution in [0, 0.1) is 6.92 Å². The van der Waals surface area contributed by atoms with Crippen LogP contribution in [-0.4, -0.2) is 11.4 Å². The molecule has 0 bridgehead atoms. The van der Waals surface area contributed by atoms with Gasteiger partial charge in [0.1, 0.15) is 0 Å². The minimum absolute atomic E-state index is 0.00228. The fourth-order valence-electron chi connectivity index (χ4n) is 1.13. The number of benzene rings is 1. The Morgan fingerprint density at radius 3 is 3.09 bits per heavy atom. The molecule has 56 valence electrons. The number of aryl methyl sites for hydroxylation is 1. The normalized spacial score (nSPS) is 20.3. The Hall–Kier alpha value is -0.890. The van der Waals surface area contributed by atoms with Gasteiger partial charge in [-0.15, -0.1) is 10.5 Å². The first-order valence-electron chi connectivity index (χ1n) is 3.45. The molecule has 2 rings (SSSR count). The molecule has 0 spiro atoms. The molecule has 0 radical (unpaired) electrons. The summed E-state index contributed by atoms with van der Waals surface area (Å²) in [5.74, 6) is 3.99. The number of hydrogen-bond donors (Lipinski definition) is 0. The van der Waals surface area contributed by atoms with Gasteiger partial charge in [0.05, 0.1) is 11.2 Å². The van der Waals surface area contributed by atoms with Crippen LogP contribution in [0.3, 0.4) is 0 Å². The van der Waals surface area contributed by atoms with E-state index in [1.54, 1.807) is 0 Å². The zero-order chi connectivity index (χ0) is 7.84. The van der Waals surface area contributed by atoms with E-state index in [1.807, 2.05) is 5.55 Å². The second-order valence-electron chi connectivity index (χ2n) is 2.63. The lowest BCUT2D eigenvalue weighted by molar-refractivity contribution is 1.35. The van der Waals surface area contributed by atoms with Crippen molar-refractivity contribution >= 4 is 27.6 Å². The van der Waals surface area contributed by atoms with Gasteiger partial charge in [-0.1, -0.05) is 11.9 Å². The molecule has 11 heavy (non-hydrogen) atoms. The van der Waals surface area contributed by atoms with Crippen LogP contribution in [0.2, 0.25) is 0 Å². The quantitative estimate of drug-likeness (QED) is 0.521. The summed E-state index contributed by atoms with van der Waals surface area (Å²) in [6.45, 7) is 2.08. The summed E-state index contributed by atoms with van der Waals surface area (Å²) in [6.07, 6.45) is 0. The van der Waals surface area contributed by atoms with Crippen molar-refractivity contribution in [2.75, 3.05) is 0 Å². The van der Waals surface area contributed by atoms with E-state index in [4.69, 9.17) is 0 Å². The number of hydrogen-bond acceptors (Lipinski definition) is 1. The molecule has 0 fully saturated rings. The number of rotatable bonds is 0. The Balaban J connectivity index is 2.66. The van der Waals surface area contributed by atoms with Gasteiger partial charge in [0.2, 0.25) is 0 Å². The molecule has 1 aromatic carbocycles. The predicted molar refractivity (Wildman–Crippen MR) is 52.3 cm³/mol. The van der Waals surface area contributed by atoms with Gasteiger partial charge in [0.25, 0.3) is 0 Å². The molecule has 0 amide bonds. The highest BCUT2D eigenvalue weighted by Gasteiger charge is 2.07. The van der Waals surface area contributed by atoms with Gasteiger partial charge in [0, 0.05) is 4.90 Å². The third-order valence-electron chi connectivity index (χ3n) is 1.72. The van der Waals surface area contributed by atoms with E-state index in [-0.39, 0.29) is 10.5 Å². The van der Waals surface area contributed by atoms with E-state index in [0.29, 0.717) is 0 Å². The number of aliphatic imine (C=N–C) groups is 1. The molecule has 1 aromatic rings. The van der Waals surface area contributed by atoms with Gasteiger partial charge in [0.15, 0.2) is 0 Å². The van der Waals surface area contributed by atoms with E-state index in [1.165, 1.54) is 10.5 Å². The number of fused-ring (bicyclic) bond motifs is 1. The zero-order valence-electron chi connectivity index (χ0n) is 6.37. The molecule has 1 unspecified atom stereocenters. The maximum Gasteiger partial charge on any atom is 0.0772 e. The van der Waals surface area contributed by atoms with Crippen LogP contribution in [0.5, 0.6) is 0 Å². The fraction of sp³-hybridized carbons (Fsp3) is 0.111. The van der Waals surface area contributed by atoms with Crippen molar-refractivity contribution in [1.82, 2.24) is 0 Å². The van der Waals surface area contributed by atoms with Gasteiger partial charge in [-0.3, -0.25) is 0 Å². The van der Waals surface area contributed by atoms with Crippen LogP contribution < -0.4 is 0 Å². The molecule has 0 N–H and O–H groups in total. The third kappa shape index (κ3) is 1.03. The van der Waals surface area contributed by atoms with Gasteiger partial charge < -0.3 is 0 Å². The van der Waals surface area contributed by atoms with Crippen molar-refractivity contribution in [3.63, 3.8) is 0 Å². The van der Waals surface area contributed by atoms with Crippen molar-refractivity contribution in [3.05, 3.63) is 23.8 Å². The number of nitrogens with zero attached hydrogens (tertiary/aromatic N) is 1. The highest BCUT2D eigenvalue weighted by atomic mass is 32.2. The molecule has 1 aliphatic rings. The summed E-state index contributed by atoms with van der Waals surface area (Å²) in [5, 5.41) is 0. The predicted octanol–water partition coefficient (Wildman–Crippen LogP) is 2.73. The molecule has 2 heteroatoms. The fourth-order valence-corrected chi connectivity index (χ4v) is 2.10. The van der Waals surface area contributed by atoms with E-state index < -0.39 is 0 Å². The minimum Gasteiger partial charge on any atom is -0.249 e. The molecule has 1 nitrogen and oxygen atoms in total. The average Bonchev–Trinajstić information content (AvgIpc) is 2.32.